The SMILES string of the molecule is Clc1cc(Cl)c(Cl)c(-c2nnc3sc(-c4ccncc4)nn23)c1. The van der Waals surface area contributed by atoms with E-state index >= 15 is 0 Å². The fraction of sp³-hybridized carbons (Fsp3) is 0. The molecule has 1 aromatic carbocycles. The molecule has 0 atom stereocenters. The second kappa shape index (κ2) is 5.72. The number of hydrogen-bond donors (Lipinski definition) is 0. The number of rotatable bonds is 2. The van der Waals surface area contributed by atoms with Crippen molar-refractivity contribution in [2.45, 2.75) is 0 Å². The number of nitrogens with zero attached hydrogens (tertiary/aromatic N) is 5. The molecule has 3 aromatic heterocycles. The third-order valence-corrected chi connectivity index (χ3v) is 5.12. The van der Waals surface area contributed by atoms with Gasteiger partial charge in [0.15, 0.2) is 5.82 Å². The first-order valence-corrected chi connectivity index (χ1v) is 8.36. The second-order valence-electron chi connectivity index (χ2n) is 4.61. The van der Waals surface area contributed by atoms with E-state index < -0.39 is 0 Å². The molecular weight excluding hydrogens is 377 g/mol. The predicted octanol–water partition coefficient (Wildman–Crippen LogP) is 4.88. The van der Waals surface area contributed by atoms with Crippen LogP contribution in [0.3, 0.4) is 0 Å². The summed E-state index contributed by atoms with van der Waals surface area (Å²) in [6.07, 6.45) is 3.43. The van der Waals surface area contributed by atoms with Crippen LogP contribution in [-0.2, 0) is 0 Å². The van der Waals surface area contributed by atoms with Crippen molar-refractivity contribution in [2.24, 2.45) is 0 Å². The van der Waals surface area contributed by atoms with Crippen LogP contribution in [0.5, 0.6) is 0 Å². The topological polar surface area (TPSA) is 56.0 Å². The largest absolute Gasteiger partial charge is 0.265 e. The van der Waals surface area contributed by atoms with E-state index in [0.29, 0.717) is 31.4 Å². The summed E-state index contributed by atoms with van der Waals surface area (Å²) in [6, 6.07) is 7.04. The lowest BCUT2D eigenvalue weighted by atomic mass is 10.2. The maximum absolute atomic E-state index is 6.28. The van der Waals surface area contributed by atoms with Gasteiger partial charge in [0.25, 0.3) is 0 Å². The Balaban J connectivity index is 1.91. The Morgan fingerprint density at radius 1 is 1.00 bits per heavy atom. The fourth-order valence-electron chi connectivity index (χ4n) is 2.11. The minimum absolute atomic E-state index is 0.357. The van der Waals surface area contributed by atoms with E-state index in [9.17, 15) is 0 Å². The summed E-state index contributed by atoms with van der Waals surface area (Å²) < 4.78 is 1.63. The summed E-state index contributed by atoms with van der Waals surface area (Å²) in [6.45, 7) is 0. The third kappa shape index (κ3) is 2.57. The molecule has 5 nitrogen and oxygen atoms in total. The lowest BCUT2D eigenvalue weighted by molar-refractivity contribution is 0.970. The van der Waals surface area contributed by atoms with Gasteiger partial charge in [0, 0.05) is 28.5 Å². The van der Waals surface area contributed by atoms with Crippen LogP contribution in [-0.4, -0.2) is 24.8 Å². The third-order valence-electron chi connectivity index (χ3n) is 3.15. The van der Waals surface area contributed by atoms with E-state index in [0.717, 1.165) is 10.6 Å². The van der Waals surface area contributed by atoms with Crippen LogP contribution >= 0.6 is 46.1 Å². The molecule has 0 spiro atoms. The molecule has 0 saturated carbocycles. The Morgan fingerprint density at radius 2 is 1.78 bits per heavy atom. The van der Waals surface area contributed by atoms with Gasteiger partial charge in [0.1, 0.15) is 5.01 Å². The number of pyridine rings is 1. The molecule has 0 N–H and O–H groups in total. The first-order valence-electron chi connectivity index (χ1n) is 6.41. The monoisotopic (exact) mass is 381 g/mol. The zero-order chi connectivity index (χ0) is 16.0. The molecule has 0 fully saturated rings. The predicted molar refractivity (Wildman–Crippen MR) is 92.4 cm³/mol. The Hall–Kier alpha value is -1.73. The van der Waals surface area contributed by atoms with Gasteiger partial charge in [-0.15, -0.1) is 10.2 Å². The number of fused-ring (bicyclic) bond motifs is 1. The molecular formula is C14H6Cl3N5S. The molecule has 0 amide bonds. The van der Waals surface area contributed by atoms with Gasteiger partial charge in [0.05, 0.1) is 10.0 Å². The van der Waals surface area contributed by atoms with Crippen LogP contribution in [0.25, 0.3) is 26.9 Å². The van der Waals surface area contributed by atoms with Crippen molar-refractivity contribution in [1.29, 1.82) is 0 Å². The van der Waals surface area contributed by atoms with E-state index in [1.807, 2.05) is 12.1 Å². The zero-order valence-electron chi connectivity index (χ0n) is 11.2. The molecule has 114 valence electrons. The molecule has 0 radical (unpaired) electrons. The highest BCUT2D eigenvalue weighted by Gasteiger charge is 2.18. The summed E-state index contributed by atoms with van der Waals surface area (Å²) in [5, 5.41) is 14.9. The van der Waals surface area contributed by atoms with Crippen molar-refractivity contribution in [1.82, 2.24) is 24.8 Å². The van der Waals surface area contributed by atoms with Gasteiger partial charge in [-0.2, -0.15) is 9.61 Å². The molecule has 3 heterocycles. The van der Waals surface area contributed by atoms with Gasteiger partial charge in [-0.05, 0) is 24.3 Å². The molecule has 0 unspecified atom stereocenters. The highest BCUT2D eigenvalue weighted by atomic mass is 35.5. The van der Waals surface area contributed by atoms with Gasteiger partial charge in [-0.3, -0.25) is 4.98 Å². The smallest absolute Gasteiger partial charge is 0.235 e. The normalized spacial score (nSPS) is 11.3. The summed E-state index contributed by atoms with van der Waals surface area (Å²) in [4.78, 5) is 4.66. The van der Waals surface area contributed by atoms with Crippen molar-refractivity contribution in [3.63, 3.8) is 0 Å². The van der Waals surface area contributed by atoms with E-state index in [4.69, 9.17) is 34.8 Å². The quantitative estimate of drug-likeness (QED) is 0.464. The van der Waals surface area contributed by atoms with Crippen LogP contribution in [0.1, 0.15) is 0 Å². The van der Waals surface area contributed by atoms with Crippen molar-refractivity contribution >= 4 is 51.1 Å². The minimum atomic E-state index is 0.357. The number of hydrogen-bond acceptors (Lipinski definition) is 5. The first-order chi connectivity index (χ1) is 11.1. The lowest BCUT2D eigenvalue weighted by Crippen LogP contribution is -1.92. The summed E-state index contributed by atoms with van der Waals surface area (Å²) in [5.41, 5.74) is 1.54. The Kier molecular flexibility index (Phi) is 3.69. The van der Waals surface area contributed by atoms with Crippen molar-refractivity contribution in [3.05, 3.63) is 51.7 Å². The van der Waals surface area contributed by atoms with Crippen molar-refractivity contribution < 1.29 is 0 Å². The van der Waals surface area contributed by atoms with Gasteiger partial charge >= 0.3 is 0 Å². The summed E-state index contributed by atoms with van der Waals surface area (Å²) in [7, 11) is 0. The van der Waals surface area contributed by atoms with Crippen LogP contribution in [0.4, 0.5) is 0 Å². The van der Waals surface area contributed by atoms with Gasteiger partial charge < -0.3 is 0 Å². The van der Waals surface area contributed by atoms with Crippen LogP contribution in [0.15, 0.2) is 36.7 Å². The highest BCUT2D eigenvalue weighted by molar-refractivity contribution is 7.19. The number of aromatic nitrogens is 5. The average Bonchev–Trinajstić information content (AvgIpc) is 3.12. The summed E-state index contributed by atoms with van der Waals surface area (Å²) >= 11 is 19.9. The maximum atomic E-state index is 6.28. The van der Waals surface area contributed by atoms with Crippen molar-refractivity contribution in [2.75, 3.05) is 0 Å². The zero-order valence-corrected chi connectivity index (χ0v) is 14.3. The molecule has 0 aliphatic carbocycles. The maximum Gasteiger partial charge on any atom is 0.235 e. The molecule has 0 saturated heterocycles. The van der Waals surface area contributed by atoms with Gasteiger partial charge in [-0.1, -0.05) is 46.1 Å². The van der Waals surface area contributed by atoms with Gasteiger partial charge in [0.2, 0.25) is 4.96 Å². The Labute approximate surface area is 149 Å². The summed E-state index contributed by atoms with van der Waals surface area (Å²) in [5.74, 6) is 0.492. The average molecular weight is 383 g/mol. The van der Waals surface area contributed by atoms with E-state index in [1.54, 1.807) is 29.0 Å². The fourth-order valence-corrected chi connectivity index (χ4v) is 3.65. The van der Waals surface area contributed by atoms with E-state index in [1.165, 1.54) is 11.3 Å². The first kappa shape index (κ1) is 14.8. The molecule has 4 aromatic rings. The Morgan fingerprint density at radius 3 is 2.57 bits per heavy atom. The van der Waals surface area contributed by atoms with Gasteiger partial charge in [-0.25, -0.2) is 0 Å². The lowest BCUT2D eigenvalue weighted by Gasteiger charge is -2.04. The standard InChI is InChI=1S/C14H6Cl3N5S/c15-8-5-9(11(17)10(16)6-8)12-19-20-14-22(12)21-13(23-14)7-1-3-18-4-2-7/h1-6H. The number of halogens is 3. The van der Waals surface area contributed by atoms with Crippen LogP contribution < -0.4 is 0 Å². The molecule has 0 bridgehead atoms. The van der Waals surface area contributed by atoms with Crippen LogP contribution in [0.2, 0.25) is 15.1 Å². The van der Waals surface area contributed by atoms with Crippen LogP contribution in [0, 0.1) is 0 Å². The number of benzene rings is 1. The molecule has 0 aliphatic heterocycles. The van der Waals surface area contributed by atoms with Crippen molar-refractivity contribution in [3.8, 4) is 22.0 Å². The minimum Gasteiger partial charge on any atom is -0.265 e. The highest BCUT2D eigenvalue weighted by Crippen LogP contribution is 2.36. The molecule has 0 aliphatic rings. The molecule has 9 heteroatoms. The second-order valence-corrected chi connectivity index (χ2v) is 6.79. The molecule has 4 rings (SSSR count). The van der Waals surface area contributed by atoms with E-state index in [-0.39, 0.29) is 0 Å². The molecule has 23 heavy (non-hydrogen) atoms. The Bertz CT molecular complexity index is 1010. The van der Waals surface area contributed by atoms with E-state index in [2.05, 4.69) is 20.3 Å².